The predicted octanol–water partition coefficient (Wildman–Crippen LogP) is 2.74. The number of pyridine rings is 1. The van der Waals surface area contributed by atoms with Crippen LogP contribution >= 0.6 is 0 Å². The molecule has 0 atom stereocenters. The maximum absolute atomic E-state index is 14.2. The molecule has 0 aliphatic rings. The van der Waals surface area contributed by atoms with Crippen LogP contribution in [0.5, 0.6) is 0 Å². The van der Waals surface area contributed by atoms with E-state index in [1.54, 1.807) is 48.1 Å². The van der Waals surface area contributed by atoms with Gasteiger partial charge in [-0.05, 0) is 25.1 Å². The highest BCUT2D eigenvalue weighted by molar-refractivity contribution is 5.95. The van der Waals surface area contributed by atoms with Crippen molar-refractivity contribution in [2.45, 2.75) is 13.5 Å². The van der Waals surface area contributed by atoms with E-state index >= 15 is 0 Å². The first kappa shape index (κ1) is 20.0. The van der Waals surface area contributed by atoms with Crippen molar-refractivity contribution in [1.82, 2.24) is 24.7 Å². The molecule has 31 heavy (non-hydrogen) atoms. The van der Waals surface area contributed by atoms with Crippen LogP contribution in [0, 0.1) is 5.82 Å². The zero-order chi connectivity index (χ0) is 22.1. The molecule has 11 heteroatoms. The van der Waals surface area contributed by atoms with Gasteiger partial charge in [-0.3, -0.25) is 4.90 Å². The molecule has 1 amide bonds. The average Bonchev–Trinajstić information content (AvgIpc) is 3.10. The number of nitrogens with zero attached hydrogens (tertiary/aromatic N) is 6. The average molecular weight is 422 g/mol. The van der Waals surface area contributed by atoms with Crippen LogP contribution in [0.3, 0.4) is 0 Å². The van der Waals surface area contributed by atoms with Crippen LogP contribution < -0.4 is 16.4 Å². The molecule has 0 spiro atoms. The van der Waals surface area contributed by atoms with Crippen LogP contribution in [0.25, 0.3) is 22.6 Å². The van der Waals surface area contributed by atoms with E-state index in [0.29, 0.717) is 22.3 Å². The molecule has 0 bridgehead atoms. The van der Waals surface area contributed by atoms with Gasteiger partial charge in [0.2, 0.25) is 0 Å². The number of amides is 1. The van der Waals surface area contributed by atoms with Crippen molar-refractivity contribution in [2.24, 2.45) is 0 Å². The lowest BCUT2D eigenvalue weighted by Gasteiger charge is -2.19. The zero-order valence-electron chi connectivity index (χ0n) is 16.5. The maximum Gasteiger partial charge on any atom is 0.412 e. The van der Waals surface area contributed by atoms with Gasteiger partial charge in [0.15, 0.2) is 23.1 Å². The van der Waals surface area contributed by atoms with Gasteiger partial charge in [0.25, 0.3) is 0 Å². The van der Waals surface area contributed by atoms with Crippen LogP contribution in [0.2, 0.25) is 0 Å². The highest BCUT2D eigenvalue weighted by atomic mass is 19.1. The lowest BCUT2D eigenvalue weighted by molar-refractivity contribution is 0.202. The topological polar surface area (TPSA) is 149 Å². The Morgan fingerprint density at radius 1 is 1.16 bits per heavy atom. The second-order valence-electron chi connectivity index (χ2n) is 6.67. The number of nitrogens with two attached hydrogens (primary N) is 2. The van der Waals surface area contributed by atoms with Crippen molar-refractivity contribution in [2.75, 3.05) is 22.9 Å². The highest BCUT2D eigenvalue weighted by Crippen LogP contribution is 2.32. The molecule has 10 nitrogen and oxygen atoms in total. The molecule has 0 aliphatic carbocycles. The van der Waals surface area contributed by atoms with Crippen molar-refractivity contribution < 1.29 is 14.3 Å². The number of carboxylic acid groups (broad SMARTS) is 1. The number of halogens is 1. The standard InChI is InChI=1S/C20H19FN8O2/c1-2-28(20(30)31)15-16(22)25-18(26-17(15)23)14-12-7-5-9-24-19(12)29(27-14)10-11-6-3-4-8-13(11)21/h3-9H,2,10H2,1H3,(H,30,31)(H4,22,23,25,26). The Kier molecular flexibility index (Phi) is 5.07. The number of rotatable bonds is 5. The molecule has 4 rings (SSSR count). The van der Waals surface area contributed by atoms with Gasteiger partial charge in [-0.15, -0.1) is 0 Å². The molecule has 158 valence electrons. The van der Waals surface area contributed by atoms with E-state index in [1.807, 2.05) is 0 Å². The summed E-state index contributed by atoms with van der Waals surface area (Å²) in [5, 5.41) is 14.5. The molecule has 0 saturated carbocycles. The van der Waals surface area contributed by atoms with Gasteiger partial charge in [-0.25, -0.2) is 28.8 Å². The van der Waals surface area contributed by atoms with Crippen LogP contribution in [0.1, 0.15) is 12.5 Å². The first-order valence-electron chi connectivity index (χ1n) is 9.39. The quantitative estimate of drug-likeness (QED) is 0.444. The van der Waals surface area contributed by atoms with Crippen LogP contribution in [-0.4, -0.2) is 42.5 Å². The molecule has 0 radical (unpaired) electrons. The fourth-order valence-electron chi connectivity index (χ4n) is 3.33. The van der Waals surface area contributed by atoms with Gasteiger partial charge in [-0.2, -0.15) is 5.10 Å². The van der Waals surface area contributed by atoms with E-state index in [2.05, 4.69) is 20.1 Å². The Morgan fingerprint density at radius 3 is 2.52 bits per heavy atom. The molecule has 3 aromatic heterocycles. The first-order valence-corrected chi connectivity index (χ1v) is 9.39. The summed E-state index contributed by atoms with van der Waals surface area (Å²) < 4.78 is 15.7. The SMILES string of the molecule is CCN(C(=O)O)c1c(N)nc(-c2nn(Cc3ccccc3F)c3ncccc23)nc1N. The Balaban J connectivity index is 1.84. The summed E-state index contributed by atoms with van der Waals surface area (Å²) in [5.41, 5.74) is 13.4. The van der Waals surface area contributed by atoms with Gasteiger partial charge in [0.05, 0.1) is 11.9 Å². The third kappa shape index (κ3) is 3.56. The Hall–Kier alpha value is -4.28. The molecule has 4 aromatic rings. The van der Waals surface area contributed by atoms with Crippen molar-refractivity contribution >= 4 is 34.4 Å². The minimum Gasteiger partial charge on any atom is -0.465 e. The molecule has 1 aromatic carbocycles. The number of fused-ring (bicyclic) bond motifs is 1. The second kappa shape index (κ2) is 7.86. The number of hydrogen-bond acceptors (Lipinski definition) is 7. The van der Waals surface area contributed by atoms with Crippen molar-refractivity contribution in [3.8, 4) is 11.5 Å². The monoisotopic (exact) mass is 422 g/mol. The summed E-state index contributed by atoms with van der Waals surface area (Å²) in [5.74, 6) is -0.420. The lowest BCUT2D eigenvalue weighted by atomic mass is 10.2. The number of hydrogen-bond donors (Lipinski definition) is 3. The Bertz CT molecular complexity index is 1270. The van der Waals surface area contributed by atoms with Gasteiger partial charge in [0.1, 0.15) is 17.2 Å². The van der Waals surface area contributed by atoms with E-state index in [4.69, 9.17) is 11.5 Å². The van der Waals surface area contributed by atoms with Crippen LogP contribution in [0.15, 0.2) is 42.6 Å². The van der Waals surface area contributed by atoms with Gasteiger partial charge < -0.3 is 16.6 Å². The largest absolute Gasteiger partial charge is 0.465 e. The molecule has 0 aliphatic heterocycles. The van der Waals surface area contributed by atoms with E-state index in [9.17, 15) is 14.3 Å². The molecule has 5 N–H and O–H groups in total. The fraction of sp³-hybridized carbons (Fsp3) is 0.150. The molecule has 0 unspecified atom stereocenters. The van der Waals surface area contributed by atoms with E-state index in [-0.39, 0.29) is 42.1 Å². The second-order valence-corrected chi connectivity index (χ2v) is 6.67. The van der Waals surface area contributed by atoms with E-state index < -0.39 is 6.09 Å². The maximum atomic E-state index is 14.2. The number of carbonyl (C=O) groups is 1. The Labute approximate surface area is 176 Å². The van der Waals surface area contributed by atoms with Crippen molar-refractivity contribution in [3.05, 3.63) is 54.0 Å². The summed E-state index contributed by atoms with van der Waals surface area (Å²) in [6, 6.07) is 9.90. The minimum atomic E-state index is -1.22. The normalized spacial score (nSPS) is 11.0. The van der Waals surface area contributed by atoms with Gasteiger partial charge in [0, 0.05) is 18.3 Å². The van der Waals surface area contributed by atoms with Gasteiger partial charge in [-0.1, -0.05) is 18.2 Å². The Morgan fingerprint density at radius 2 is 1.87 bits per heavy atom. The molecule has 3 heterocycles. The van der Waals surface area contributed by atoms with E-state index in [0.717, 1.165) is 4.90 Å². The zero-order valence-corrected chi connectivity index (χ0v) is 16.5. The third-order valence-corrected chi connectivity index (χ3v) is 4.75. The number of benzene rings is 1. The molecular formula is C20H19FN8O2. The molecular weight excluding hydrogens is 403 g/mol. The van der Waals surface area contributed by atoms with Crippen LogP contribution in [0.4, 0.5) is 26.5 Å². The number of anilines is 3. The summed E-state index contributed by atoms with van der Waals surface area (Å²) in [6.07, 6.45) is 0.380. The van der Waals surface area contributed by atoms with E-state index in [1.165, 1.54) is 6.07 Å². The number of aromatic nitrogens is 5. The summed E-state index contributed by atoms with van der Waals surface area (Å²) in [7, 11) is 0. The minimum absolute atomic E-state index is 0.0203. The number of nitrogen functional groups attached to an aromatic ring is 2. The smallest absolute Gasteiger partial charge is 0.412 e. The molecule has 0 saturated heterocycles. The van der Waals surface area contributed by atoms with Gasteiger partial charge >= 0.3 is 6.09 Å². The fourth-order valence-corrected chi connectivity index (χ4v) is 3.33. The highest BCUT2D eigenvalue weighted by Gasteiger charge is 2.24. The first-order chi connectivity index (χ1) is 14.9. The van der Waals surface area contributed by atoms with Crippen molar-refractivity contribution in [3.63, 3.8) is 0 Å². The molecule has 0 fully saturated rings. The third-order valence-electron chi connectivity index (χ3n) is 4.75. The lowest BCUT2D eigenvalue weighted by Crippen LogP contribution is -2.31. The predicted molar refractivity (Wildman–Crippen MR) is 114 cm³/mol. The summed E-state index contributed by atoms with van der Waals surface area (Å²) in [4.78, 5) is 25.3. The summed E-state index contributed by atoms with van der Waals surface area (Å²) >= 11 is 0. The van der Waals surface area contributed by atoms with Crippen LogP contribution in [-0.2, 0) is 6.54 Å². The summed E-state index contributed by atoms with van der Waals surface area (Å²) in [6.45, 7) is 1.91. The van der Waals surface area contributed by atoms with Crippen molar-refractivity contribution in [1.29, 1.82) is 0 Å².